The van der Waals surface area contributed by atoms with E-state index in [1.165, 1.54) is 0 Å². The lowest BCUT2D eigenvalue weighted by Crippen LogP contribution is -2.46. The molecule has 0 spiro atoms. The van der Waals surface area contributed by atoms with Gasteiger partial charge < -0.3 is 5.32 Å². The van der Waals surface area contributed by atoms with Gasteiger partial charge in [0.2, 0.25) is 5.91 Å². The van der Waals surface area contributed by atoms with Gasteiger partial charge in [0.05, 0.1) is 6.04 Å². The molecule has 1 amide bonds. The van der Waals surface area contributed by atoms with Crippen molar-refractivity contribution >= 4 is 11.7 Å². The second-order valence-corrected chi connectivity index (χ2v) is 7.46. The number of hydrogen-bond donors (Lipinski definition) is 3. The molecule has 3 N–H and O–H groups in total. The fraction of sp³-hybridized carbons (Fsp3) is 0.647. The zero-order chi connectivity index (χ0) is 17.0. The number of likely N-dealkylation sites (N-methyl/N-ethyl adjacent to an activating group) is 1. The number of hydrazine groups is 1. The molecule has 0 saturated carbocycles. The van der Waals surface area contributed by atoms with Crippen molar-refractivity contribution in [3.63, 3.8) is 0 Å². The molecule has 1 fully saturated rings. The molecule has 6 nitrogen and oxygen atoms in total. The summed E-state index contributed by atoms with van der Waals surface area (Å²) in [4.78, 5) is 18.5. The summed E-state index contributed by atoms with van der Waals surface area (Å²) in [6, 6.07) is 6.05. The number of nitrogens with one attached hydrogen (secondary N) is 3. The minimum atomic E-state index is -0.215. The molecule has 1 saturated heterocycles. The van der Waals surface area contributed by atoms with Crippen LogP contribution in [0.3, 0.4) is 0 Å². The number of aromatic nitrogens is 1. The van der Waals surface area contributed by atoms with Crippen molar-refractivity contribution in [2.75, 3.05) is 18.9 Å². The van der Waals surface area contributed by atoms with Crippen molar-refractivity contribution < 1.29 is 4.79 Å². The third kappa shape index (κ3) is 4.99. The highest BCUT2D eigenvalue weighted by Gasteiger charge is 2.33. The SMILES string of the molecule is CC(C(=O)Nc1ccccn1)N(C)CC1CC(C(C)(C)C)NN1. The first kappa shape index (κ1) is 17.8. The van der Waals surface area contributed by atoms with E-state index in [4.69, 9.17) is 0 Å². The van der Waals surface area contributed by atoms with Crippen LogP contribution in [-0.2, 0) is 4.79 Å². The molecule has 3 unspecified atom stereocenters. The Kier molecular flexibility index (Phi) is 5.73. The molecule has 0 bridgehead atoms. The molecule has 23 heavy (non-hydrogen) atoms. The lowest BCUT2D eigenvalue weighted by Gasteiger charge is -2.27. The largest absolute Gasteiger partial charge is 0.309 e. The minimum absolute atomic E-state index is 0.0375. The van der Waals surface area contributed by atoms with Crippen molar-refractivity contribution in [3.8, 4) is 0 Å². The maximum Gasteiger partial charge on any atom is 0.242 e. The highest BCUT2D eigenvalue weighted by molar-refractivity contribution is 5.93. The van der Waals surface area contributed by atoms with Gasteiger partial charge in [-0.1, -0.05) is 26.8 Å². The van der Waals surface area contributed by atoms with Crippen LogP contribution < -0.4 is 16.2 Å². The quantitative estimate of drug-likeness (QED) is 0.769. The number of carbonyl (C=O) groups is 1. The summed E-state index contributed by atoms with van der Waals surface area (Å²) in [6.45, 7) is 9.45. The van der Waals surface area contributed by atoms with Crippen LogP contribution in [-0.4, -0.2) is 47.5 Å². The van der Waals surface area contributed by atoms with Crippen molar-refractivity contribution in [3.05, 3.63) is 24.4 Å². The molecule has 3 atom stereocenters. The highest BCUT2D eigenvalue weighted by atomic mass is 16.2. The standard InChI is InChI=1S/C17H29N5O/c1-12(16(23)19-15-8-6-7-9-18-15)22(5)11-13-10-14(21-20-13)17(2,3)4/h6-9,12-14,20-21H,10-11H2,1-5H3,(H,18,19,23). The van der Waals surface area contributed by atoms with Crippen molar-refractivity contribution in [1.29, 1.82) is 0 Å². The smallest absolute Gasteiger partial charge is 0.242 e. The van der Waals surface area contributed by atoms with Gasteiger partial charge in [-0.3, -0.25) is 20.5 Å². The molecule has 1 aromatic heterocycles. The second-order valence-electron chi connectivity index (χ2n) is 7.46. The van der Waals surface area contributed by atoms with E-state index in [9.17, 15) is 4.79 Å². The summed E-state index contributed by atoms with van der Waals surface area (Å²) in [5, 5.41) is 2.85. The van der Waals surface area contributed by atoms with Gasteiger partial charge in [-0.15, -0.1) is 0 Å². The average molecular weight is 319 g/mol. The molecule has 1 aromatic rings. The number of pyridine rings is 1. The van der Waals surface area contributed by atoms with Crippen molar-refractivity contribution in [2.45, 2.75) is 52.2 Å². The maximum atomic E-state index is 12.3. The number of amides is 1. The lowest BCUT2D eigenvalue weighted by atomic mass is 9.84. The number of anilines is 1. The second kappa shape index (κ2) is 7.38. The summed E-state index contributed by atoms with van der Waals surface area (Å²) in [5.41, 5.74) is 6.95. The molecule has 0 aromatic carbocycles. The van der Waals surface area contributed by atoms with Gasteiger partial charge >= 0.3 is 0 Å². The van der Waals surface area contributed by atoms with Crippen LogP contribution in [0.1, 0.15) is 34.1 Å². The van der Waals surface area contributed by atoms with E-state index in [1.54, 1.807) is 12.3 Å². The summed E-state index contributed by atoms with van der Waals surface area (Å²) >= 11 is 0. The highest BCUT2D eigenvalue weighted by Crippen LogP contribution is 2.25. The summed E-state index contributed by atoms with van der Waals surface area (Å²) in [5.74, 6) is 0.552. The minimum Gasteiger partial charge on any atom is -0.309 e. The van der Waals surface area contributed by atoms with E-state index in [0.717, 1.165) is 13.0 Å². The van der Waals surface area contributed by atoms with Crippen LogP contribution in [0.5, 0.6) is 0 Å². The Hall–Kier alpha value is -1.50. The Balaban J connectivity index is 1.83. The van der Waals surface area contributed by atoms with Gasteiger partial charge in [0.1, 0.15) is 5.82 Å². The van der Waals surface area contributed by atoms with E-state index >= 15 is 0 Å². The van der Waals surface area contributed by atoms with Crippen LogP contribution in [0.2, 0.25) is 0 Å². The number of hydrogen-bond acceptors (Lipinski definition) is 5. The average Bonchev–Trinajstić information content (AvgIpc) is 2.96. The summed E-state index contributed by atoms with van der Waals surface area (Å²) in [7, 11) is 1.98. The van der Waals surface area contributed by atoms with E-state index in [0.29, 0.717) is 17.9 Å². The van der Waals surface area contributed by atoms with Crippen molar-refractivity contribution in [2.24, 2.45) is 5.41 Å². The summed E-state index contributed by atoms with van der Waals surface area (Å²) < 4.78 is 0. The lowest BCUT2D eigenvalue weighted by molar-refractivity contribution is -0.120. The van der Waals surface area contributed by atoms with Crippen LogP contribution in [0.25, 0.3) is 0 Å². The van der Waals surface area contributed by atoms with E-state index < -0.39 is 0 Å². The van der Waals surface area contributed by atoms with Crippen LogP contribution in [0, 0.1) is 5.41 Å². The maximum absolute atomic E-state index is 12.3. The third-order valence-corrected chi connectivity index (χ3v) is 4.49. The van der Waals surface area contributed by atoms with E-state index in [-0.39, 0.29) is 17.4 Å². The molecule has 6 heteroatoms. The Labute approximate surface area is 139 Å². The molecule has 0 radical (unpaired) electrons. The first-order valence-corrected chi connectivity index (χ1v) is 8.20. The fourth-order valence-electron chi connectivity index (χ4n) is 2.68. The van der Waals surface area contributed by atoms with Crippen LogP contribution >= 0.6 is 0 Å². The number of rotatable bonds is 5. The van der Waals surface area contributed by atoms with Crippen molar-refractivity contribution in [1.82, 2.24) is 20.7 Å². The zero-order valence-electron chi connectivity index (χ0n) is 14.8. The van der Waals surface area contributed by atoms with Gasteiger partial charge in [0.15, 0.2) is 0 Å². The Morgan fingerprint density at radius 3 is 2.74 bits per heavy atom. The first-order valence-electron chi connectivity index (χ1n) is 8.20. The van der Waals surface area contributed by atoms with Crippen LogP contribution in [0.15, 0.2) is 24.4 Å². The Bertz CT molecular complexity index is 513. The number of carbonyl (C=O) groups excluding carboxylic acids is 1. The molecule has 1 aliphatic heterocycles. The first-order chi connectivity index (χ1) is 10.8. The topological polar surface area (TPSA) is 69.3 Å². The van der Waals surface area contributed by atoms with E-state index in [2.05, 4.69) is 46.8 Å². The van der Waals surface area contributed by atoms with Gasteiger partial charge in [0.25, 0.3) is 0 Å². The Morgan fingerprint density at radius 1 is 1.43 bits per heavy atom. The van der Waals surface area contributed by atoms with Crippen LogP contribution in [0.4, 0.5) is 5.82 Å². The van der Waals surface area contributed by atoms with Gasteiger partial charge in [-0.25, -0.2) is 4.98 Å². The van der Waals surface area contributed by atoms with Gasteiger partial charge in [-0.2, -0.15) is 0 Å². The molecule has 128 valence electrons. The predicted molar refractivity (Wildman–Crippen MR) is 92.9 cm³/mol. The third-order valence-electron chi connectivity index (χ3n) is 4.49. The normalized spacial score (nSPS) is 23.0. The van der Waals surface area contributed by atoms with Gasteiger partial charge in [-0.05, 0) is 37.9 Å². The van der Waals surface area contributed by atoms with E-state index in [1.807, 2.05) is 26.1 Å². The van der Waals surface area contributed by atoms with Gasteiger partial charge in [0, 0.05) is 24.8 Å². The molecular formula is C17H29N5O. The Morgan fingerprint density at radius 2 is 2.17 bits per heavy atom. The summed E-state index contributed by atoms with van der Waals surface area (Å²) in [6.07, 6.45) is 2.73. The zero-order valence-corrected chi connectivity index (χ0v) is 14.8. The molecule has 1 aliphatic rings. The molecule has 2 rings (SSSR count). The number of nitrogens with zero attached hydrogens (tertiary/aromatic N) is 2. The monoisotopic (exact) mass is 319 g/mol. The molecule has 2 heterocycles. The fourth-order valence-corrected chi connectivity index (χ4v) is 2.68. The molecule has 0 aliphatic carbocycles. The predicted octanol–water partition coefficient (Wildman–Crippen LogP) is 1.62. The molecular weight excluding hydrogens is 290 g/mol.